The average molecular weight is 785 g/mol. The van der Waals surface area contributed by atoms with Gasteiger partial charge in [0.1, 0.15) is 0 Å². The fourth-order valence-electron chi connectivity index (χ4n) is 9.36. The average Bonchev–Trinajstić information content (AvgIpc) is 3.18. The van der Waals surface area contributed by atoms with Crippen LogP contribution in [-0.4, -0.2) is 24.3 Å². The number of hydrogen-bond donors (Lipinski definition) is 0. The first-order valence-electron chi connectivity index (χ1n) is 19.5. The molecule has 6 heteroatoms. The molecule has 292 valence electrons. The summed E-state index contributed by atoms with van der Waals surface area (Å²) < 4.78 is 13.3. The van der Waals surface area contributed by atoms with Gasteiger partial charge in [-0.3, -0.25) is 0 Å². The predicted octanol–water partition coefficient (Wildman–Crippen LogP) is 9.88. The van der Waals surface area contributed by atoms with Crippen molar-refractivity contribution >= 4 is 57.4 Å². The number of hydrogen-bond acceptors (Lipinski definition) is 4. The van der Waals surface area contributed by atoms with Crippen molar-refractivity contribution in [3.05, 3.63) is 179 Å². The molecule has 56 heavy (non-hydrogen) atoms. The zero-order valence-corrected chi connectivity index (χ0v) is 36.6. The predicted molar refractivity (Wildman–Crippen MR) is 243 cm³/mol. The third-order valence-electron chi connectivity index (χ3n) is 11.6. The van der Waals surface area contributed by atoms with Gasteiger partial charge in [-0.2, -0.15) is 0 Å². The van der Waals surface area contributed by atoms with E-state index in [9.17, 15) is 9.59 Å². The van der Waals surface area contributed by atoms with Crippen molar-refractivity contribution in [1.82, 2.24) is 0 Å². The van der Waals surface area contributed by atoms with Crippen LogP contribution in [-0.2, 0) is 18.6 Å². The molecule has 0 bridgehead atoms. The number of rotatable bonds is 10. The minimum atomic E-state index is -3.51. The number of carbonyl (C=O) groups is 2. The Morgan fingerprint density at radius 3 is 0.643 bits per heavy atom. The zero-order valence-electron chi connectivity index (χ0n) is 34.8. The van der Waals surface area contributed by atoms with Gasteiger partial charge in [-0.1, -0.05) is 0 Å². The van der Waals surface area contributed by atoms with E-state index in [4.69, 9.17) is 9.05 Å². The van der Waals surface area contributed by atoms with Crippen LogP contribution in [0, 0.1) is 41.5 Å². The molecule has 0 amide bonds. The van der Waals surface area contributed by atoms with Gasteiger partial charge in [-0.15, -0.1) is 0 Å². The summed E-state index contributed by atoms with van der Waals surface area (Å²) in [6.07, 6.45) is 1.43. The number of aryl methyl sites for hydroxylation is 6. The van der Waals surface area contributed by atoms with Crippen molar-refractivity contribution in [3.63, 3.8) is 0 Å². The van der Waals surface area contributed by atoms with Gasteiger partial charge in [0, 0.05) is 0 Å². The molecule has 0 unspecified atom stereocenters. The Balaban J connectivity index is 0.000000214. The van der Waals surface area contributed by atoms with Crippen molar-refractivity contribution in [3.8, 4) is 0 Å². The molecule has 0 fully saturated rings. The molecule has 0 saturated carbocycles. The van der Waals surface area contributed by atoms with E-state index >= 15 is 0 Å². The van der Waals surface area contributed by atoms with Crippen LogP contribution in [0.5, 0.6) is 0 Å². The minimum absolute atomic E-state index is 0.241. The summed E-state index contributed by atoms with van der Waals surface area (Å²) in [6, 6.07) is 50.2. The number of carbonyl (C=O) groups excluding carboxylic acids is 2. The van der Waals surface area contributed by atoms with Gasteiger partial charge in [-0.05, 0) is 0 Å². The molecule has 0 aliphatic rings. The molecule has 6 rings (SSSR count). The molecular weight excluding hydrogens is 726 g/mol. The summed E-state index contributed by atoms with van der Waals surface area (Å²) in [5.74, 6) is -0.483. The summed E-state index contributed by atoms with van der Waals surface area (Å²) in [7, 11) is 0. The molecule has 0 N–H and O–H groups in total. The first-order chi connectivity index (χ1) is 26.7. The third kappa shape index (κ3) is 6.82. The standard InChI is InChI=1S/2C25H29O2P/c2*1-6-28(27-22(5)26,23-16-10-7-13-19(23)2,24-17-11-8-14-20(24)3)25-18-12-9-15-21(25)4/h2*7-18H,6H2,1-5H3. The summed E-state index contributed by atoms with van der Waals surface area (Å²) in [5, 5.41) is 6.80. The molecule has 0 aliphatic heterocycles. The fraction of sp³-hybridized carbons (Fsp3) is 0.240. The second-order valence-electron chi connectivity index (χ2n) is 14.9. The Morgan fingerprint density at radius 2 is 0.518 bits per heavy atom. The van der Waals surface area contributed by atoms with E-state index in [-0.39, 0.29) is 11.9 Å². The van der Waals surface area contributed by atoms with Crippen LogP contribution in [0.2, 0.25) is 0 Å². The van der Waals surface area contributed by atoms with Gasteiger partial charge in [0.15, 0.2) is 0 Å². The quantitative estimate of drug-likeness (QED) is 0.130. The van der Waals surface area contributed by atoms with E-state index in [0.29, 0.717) is 12.3 Å². The van der Waals surface area contributed by atoms with E-state index in [2.05, 4.69) is 165 Å². The van der Waals surface area contributed by atoms with Crippen LogP contribution in [0.4, 0.5) is 0 Å². The molecule has 0 radical (unpaired) electrons. The van der Waals surface area contributed by atoms with E-state index < -0.39 is 13.7 Å². The van der Waals surface area contributed by atoms with E-state index in [0.717, 1.165) is 65.2 Å². The van der Waals surface area contributed by atoms with Crippen LogP contribution in [0.15, 0.2) is 146 Å². The van der Waals surface area contributed by atoms with Crippen LogP contribution in [0.25, 0.3) is 0 Å². The molecule has 0 saturated heterocycles. The summed E-state index contributed by atoms with van der Waals surface area (Å²) in [5.41, 5.74) is 6.89. The van der Waals surface area contributed by atoms with Gasteiger partial charge >= 0.3 is 337 Å². The summed E-state index contributed by atoms with van der Waals surface area (Å²) >= 11 is 0. The van der Waals surface area contributed by atoms with Crippen LogP contribution in [0.3, 0.4) is 0 Å². The summed E-state index contributed by atoms with van der Waals surface area (Å²) in [4.78, 5) is 25.4. The Kier molecular flexibility index (Phi) is 12.6. The Bertz CT molecular complexity index is 1980. The molecule has 0 spiro atoms. The molecule has 6 aromatic rings. The normalized spacial score (nSPS) is 12.8. The van der Waals surface area contributed by atoms with Gasteiger partial charge in [-0.25, -0.2) is 0 Å². The topological polar surface area (TPSA) is 52.6 Å². The van der Waals surface area contributed by atoms with Crippen molar-refractivity contribution in [1.29, 1.82) is 0 Å². The van der Waals surface area contributed by atoms with Crippen molar-refractivity contribution < 1.29 is 18.6 Å². The SMILES string of the molecule is CCP(OC(C)=O)(c1ccccc1C)(c1ccccc1C)c1ccccc1C.CCP(OC(C)=O)(c1ccccc1C)(c1ccccc1C)c1ccccc1C. The monoisotopic (exact) mass is 784 g/mol. The Morgan fingerprint density at radius 1 is 0.357 bits per heavy atom. The molecule has 0 atom stereocenters. The van der Waals surface area contributed by atoms with Gasteiger partial charge in [0.25, 0.3) is 0 Å². The molecular formula is C50H58O4P2. The molecule has 0 aromatic heterocycles. The molecule has 4 nitrogen and oxygen atoms in total. The molecule has 6 aromatic carbocycles. The maximum atomic E-state index is 12.7. The van der Waals surface area contributed by atoms with Crippen molar-refractivity contribution in [2.75, 3.05) is 12.3 Å². The first kappa shape index (κ1) is 42.3. The van der Waals surface area contributed by atoms with E-state index in [1.165, 1.54) is 13.8 Å². The first-order valence-corrected chi connectivity index (χ1v) is 24.2. The maximum absolute atomic E-state index is 12.7. The van der Waals surface area contributed by atoms with Crippen molar-refractivity contribution in [2.24, 2.45) is 0 Å². The molecule has 0 aliphatic carbocycles. The van der Waals surface area contributed by atoms with Gasteiger partial charge < -0.3 is 0 Å². The second kappa shape index (κ2) is 16.7. The van der Waals surface area contributed by atoms with Crippen LogP contribution >= 0.6 is 13.7 Å². The number of benzene rings is 6. The molecule has 0 heterocycles. The van der Waals surface area contributed by atoms with Gasteiger partial charge in [0.2, 0.25) is 0 Å². The summed E-state index contributed by atoms with van der Waals surface area (Å²) in [6.45, 7) is 13.1. The second-order valence-corrected chi connectivity index (χ2v) is 24.3. The zero-order chi connectivity index (χ0) is 40.8. The Labute approximate surface area is 335 Å². The fourth-order valence-corrected chi connectivity index (χ4v) is 22.3. The van der Waals surface area contributed by atoms with E-state index in [1.807, 2.05) is 36.4 Å². The van der Waals surface area contributed by atoms with Crippen LogP contribution in [0.1, 0.15) is 61.1 Å². The van der Waals surface area contributed by atoms with Gasteiger partial charge in [0.05, 0.1) is 0 Å². The van der Waals surface area contributed by atoms with Crippen LogP contribution < -0.4 is 31.8 Å². The van der Waals surface area contributed by atoms with Crippen molar-refractivity contribution in [2.45, 2.75) is 69.2 Å². The third-order valence-corrected chi connectivity index (χ3v) is 24.5. The Hall–Kier alpha value is -4.88. The van der Waals surface area contributed by atoms with E-state index in [1.54, 1.807) is 0 Å².